The van der Waals surface area contributed by atoms with Crippen molar-refractivity contribution >= 4 is 34.9 Å². The SMILES string of the molecule is CC(=O)c1ccc(NCN2C(=O)[C@H]3CC=C(Cl)C[C@H]3C2=O)cc1. The van der Waals surface area contributed by atoms with Crippen molar-refractivity contribution in [3.63, 3.8) is 0 Å². The molecule has 1 aliphatic heterocycles. The Bertz CT molecular complexity index is 696. The van der Waals surface area contributed by atoms with Crippen molar-refractivity contribution in [2.45, 2.75) is 19.8 Å². The molecule has 1 aromatic rings. The molecule has 0 saturated carbocycles. The number of fused-ring (bicyclic) bond motifs is 1. The van der Waals surface area contributed by atoms with Crippen LogP contribution in [0.25, 0.3) is 0 Å². The predicted octanol–water partition coefficient (Wildman–Crippen LogP) is 2.78. The quantitative estimate of drug-likeness (QED) is 0.680. The second kappa shape index (κ2) is 6.16. The van der Waals surface area contributed by atoms with E-state index in [-0.39, 0.29) is 36.1 Å². The lowest BCUT2D eigenvalue weighted by Gasteiger charge is -2.17. The number of benzene rings is 1. The Hall–Kier alpha value is -2.14. The summed E-state index contributed by atoms with van der Waals surface area (Å²) in [5.74, 6) is -0.934. The van der Waals surface area contributed by atoms with E-state index in [1.165, 1.54) is 11.8 Å². The molecule has 120 valence electrons. The van der Waals surface area contributed by atoms with Crippen molar-refractivity contribution in [2.75, 3.05) is 12.0 Å². The van der Waals surface area contributed by atoms with Crippen LogP contribution in [0, 0.1) is 11.8 Å². The van der Waals surface area contributed by atoms with Gasteiger partial charge in [0.25, 0.3) is 0 Å². The van der Waals surface area contributed by atoms with Gasteiger partial charge in [0.15, 0.2) is 5.78 Å². The highest BCUT2D eigenvalue weighted by Gasteiger charge is 2.48. The van der Waals surface area contributed by atoms with Crippen molar-refractivity contribution < 1.29 is 14.4 Å². The molecule has 0 radical (unpaired) electrons. The van der Waals surface area contributed by atoms with Crippen LogP contribution in [0.2, 0.25) is 0 Å². The fourth-order valence-electron chi connectivity index (χ4n) is 3.05. The summed E-state index contributed by atoms with van der Waals surface area (Å²) in [6.07, 6.45) is 2.80. The lowest BCUT2D eigenvalue weighted by atomic mass is 9.85. The summed E-state index contributed by atoms with van der Waals surface area (Å²) >= 11 is 5.99. The molecule has 5 nitrogen and oxygen atoms in total. The van der Waals surface area contributed by atoms with E-state index < -0.39 is 0 Å². The van der Waals surface area contributed by atoms with Crippen LogP contribution in [0.5, 0.6) is 0 Å². The summed E-state index contributed by atoms with van der Waals surface area (Å²) in [5, 5.41) is 3.71. The van der Waals surface area contributed by atoms with Gasteiger partial charge >= 0.3 is 0 Å². The van der Waals surface area contributed by atoms with Crippen molar-refractivity contribution in [3.05, 3.63) is 40.9 Å². The average Bonchev–Trinajstić information content (AvgIpc) is 2.77. The molecule has 1 saturated heterocycles. The number of hydrogen-bond donors (Lipinski definition) is 1. The molecule has 0 bridgehead atoms. The topological polar surface area (TPSA) is 66.5 Å². The molecule has 2 aliphatic rings. The van der Waals surface area contributed by atoms with E-state index in [1.54, 1.807) is 24.3 Å². The molecule has 2 atom stereocenters. The Morgan fingerprint density at radius 1 is 1.22 bits per heavy atom. The standard InChI is InChI=1S/C17H17ClN2O3/c1-10(21)11-2-5-13(6-3-11)19-9-20-16(22)14-7-4-12(18)8-15(14)17(20)23/h2-6,14-15,19H,7-9H2,1H3/t14-,15+/m0/s1. The Kier molecular flexibility index (Phi) is 4.22. The van der Waals surface area contributed by atoms with Gasteiger partial charge in [0, 0.05) is 16.3 Å². The molecule has 1 aliphatic carbocycles. The maximum atomic E-state index is 12.4. The molecule has 3 rings (SSSR count). The van der Waals surface area contributed by atoms with E-state index in [1.807, 2.05) is 6.08 Å². The van der Waals surface area contributed by atoms with E-state index in [0.717, 1.165) is 5.69 Å². The fraction of sp³-hybridized carbons (Fsp3) is 0.353. The monoisotopic (exact) mass is 332 g/mol. The van der Waals surface area contributed by atoms with Crippen LogP contribution < -0.4 is 5.32 Å². The van der Waals surface area contributed by atoms with Crippen LogP contribution in [0.1, 0.15) is 30.1 Å². The number of halogens is 1. The van der Waals surface area contributed by atoms with Crippen molar-refractivity contribution in [1.29, 1.82) is 0 Å². The molecule has 1 aromatic carbocycles. The van der Waals surface area contributed by atoms with Crippen LogP contribution in [-0.4, -0.2) is 29.2 Å². The van der Waals surface area contributed by atoms with Crippen LogP contribution >= 0.6 is 11.6 Å². The third kappa shape index (κ3) is 3.01. The fourth-order valence-corrected chi connectivity index (χ4v) is 3.30. The van der Waals surface area contributed by atoms with Crippen LogP contribution in [0.15, 0.2) is 35.4 Å². The molecule has 0 unspecified atom stereocenters. The Morgan fingerprint density at radius 2 is 1.87 bits per heavy atom. The number of anilines is 1. The van der Waals surface area contributed by atoms with E-state index in [4.69, 9.17) is 11.6 Å². The molecule has 0 aromatic heterocycles. The third-order valence-corrected chi connectivity index (χ3v) is 4.70. The van der Waals surface area contributed by atoms with Gasteiger partial charge in [-0.3, -0.25) is 19.3 Å². The van der Waals surface area contributed by atoms with Gasteiger partial charge in [-0.05, 0) is 44.0 Å². The zero-order valence-corrected chi connectivity index (χ0v) is 13.5. The minimum atomic E-state index is -0.332. The second-order valence-corrected chi connectivity index (χ2v) is 6.36. The average molecular weight is 333 g/mol. The number of amides is 2. The van der Waals surface area contributed by atoms with E-state index in [9.17, 15) is 14.4 Å². The first-order chi connectivity index (χ1) is 11.0. The number of nitrogens with one attached hydrogen (secondary N) is 1. The van der Waals surface area contributed by atoms with Gasteiger partial charge in [0.05, 0.1) is 18.5 Å². The molecule has 1 N–H and O–H groups in total. The molecule has 1 fully saturated rings. The first kappa shape index (κ1) is 15.7. The number of imide groups is 1. The van der Waals surface area contributed by atoms with Gasteiger partial charge in [0.1, 0.15) is 0 Å². The third-order valence-electron chi connectivity index (χ3n) is 4.39. The van der Waals surface area contributed by atoms with Gasteiger partial charge in [-0.15, -0.1) is 0 Å². The number of carbonyl (C=O) groups is 3. The smallest absolute Gasteiger partial charge is 0.234 e. The van der Waals surface area contributed by atoms with E-state index in [2.05, 4.69) is 5.32 Å². The van der Waals surface area contributed by atoms with Crippen molar-refractivity contribution in [3.8, 4) is 0 Å². The van der Waals surface area contributed by atoms with Gasteiger partial charge in [-0.25, -0.2) is 0 Å². The minimum Gasteiger partial charge on any atom is -0.367 e. The Balaban J connectivity index is 1.66. The highest BCUT2D eigenvalue weighted by atomic mass is 35.5. The number of likely N-dealkylation sites (tertiary alicyclic amines) is 1. The summed E-state index contributed by atoms with van der Waals surface area (Å²) in [6.45, 7) is 1.63. The number of Topliss-reactive ketones (excluding diaryl/α,β-unsaturated/α-hetero) is 1. The van der Waals surface area contributed by atoms with Crippen LogP contribution in [0.4, 0.5) is 5.69 Å². The Morgan fingerprint density at radius 3 is 2.52 bits per heavy atom. The maximum absolute atomic E-state index is 12.4. The number of ketones is 1. The number of rotatable bonds is 4. The van der Waals surface area contributed by atoms with Gasteiger partial charge in [-0.2, -0.15) is 0 Å². The summed E-state index contributed by atoms with van der Waals surface area (Å²) in [5.41, 5.74) is 1.37. The molecule has 2 amide bonds. The van der Waals surface area contributed by atoms with Crippen molar-refractivity contribution in [2.24, 2.45) is 11.8 Å². The number of carbonyl (C=O) groups excluding carboxylic acids is 3. The van der Waals surface area contributed by atoms with Gasteiger partial charge in [0.2, 0.25) is 11.8 Å². The summed E-state index contributed by atoms with van der Waals surface area (Å²) in [4.78, 5) is 37.3. The molecule has 1 heterocycles. The summed E-state index contributed by atoms with van der Waals surface area (Å²) in [6, 6.07) is 6.93. The summed E-state index contributed by atoms with van der Waals surface area (Å²) < 4.78 is 0. The predicted molar refractivity (Wildman–Crippen MR) is 86.9 cm³/mol. The molecular weight excluding hydrogens is 316 g/mol. The van der Waals surface area contributed by atoms with Crippen molar-refractivity contribution in [1.82, 2.24) is 4.90 Å². The van der Waals surface area contributed by atoms with Gasteiger partial charge in [-0.1, -0.05) is 17.7 Å². The minimum absolute atomic E-state index is 0.00472. The number of nitrogens with zero attached hydrogens (tertiary/aromatic N) is 1. The lowest BCUT2D eigenvalue weighted by Crippen LogP contribution is -2.35. The Labute approximate surface area is 139 Å². The number of hydrogen-bond acceptors (Lipinski definition) is 4. The highest BCUT2D eigenvalue weighted by molar-refractivity contribution is 6.30. The molecule has 23 heavy (non-hydrogen) atoms. The largest absolute Gasteiger partial charge is 0.367 e. The molecular formula is C17H17ClN2O3. The first-order valence-electron chi connectivity index (χ1n) is 7.52. The lowest BCUT2D eigenvalue weighted by molar-refractivity contribution is -0.139. The highest BCUT2D eigenvalue weighted by Crippen LogP contribution is 2.38. The number of allylic oxidation sites excluding steroid dienone is 2. The van der Waals surface area contributed by atoms with E-state index >= 15 is 0 Å². The summed E-state index contributed by atoms with van der Waals surface area (Å²) in [7, 11) is 0. The molecule has 0 spiro atoms. The van der Waals surface area contributed by atoms with Crippen LogP contribution in [0.3, 0.4) is 0 Å². The van der Waals surface area contributed by atoms with E-state index in [0.29, 0.717) is 23.4 Å². The zero-order valence-electron chi connectivity index (χ0n) is 12.7. The molecule has 6 heteroatoms. The second-order valence-electron chi connectivity index (χ2n) is 5.88. The normalized spacial score (nSPS) is 23.6. The maximum Gasteiger partial charge on any atom is 0.234 e. The zero-order chi connectivity index (χ0) is 16.6. The van der Waals surface area contributed by atoms with Gasteiger partial charge < -0.3 is 5.32 Å². The first-order valence-corrected chi connectivity index (χ1v) is 7.90. The van der Waals surface area contributed by atoms with Crippen LogP contribution in [-0.2, 0) is 9.59 Å².